The van der Waals surface area contributed by atoms with Crippen molar-refractivity contribution in [2.75, 3.05) is 0 Å². The molecule has 1 aliphatic heterocycles. The fourth-order valence-corrected chi connectivity index (χ4v) is 4.78. The van der Waals surface area contributed by atoms with Crippen LogP contribution in [0.4, 0.5) is 52.7 Å². The molecular weight excluding hydrogens is 451 g/mol. The maximum atomic E-state index is 13.3. The zero-order valence-electron chi connectivity index (χ0n) is 12.6. The largest absolute Gasteiger partial charge is 0.448 e. The molecule has 1 aliphatic rings. The molecule has 0 atom stereocenters. The highest BCUT2D eigenvalue weighted by atomic mass is 31.2. The lowest BCUT2D eigenvalue weighted by Crippen LogP contribution is -2.79. The third kappa shape index (κ3) is 2.85. The molecule has 1 aromatic carbocycles. The molecular formula is C12H6F12O3P+. The van der Waals surface area contributed by atoms with Crippen molar-refractivity contribution in [3.05, 3.63) is 30.3 Å². The molecule has 0 aromatic heterocycles. The second kappa shape index (κ2) is 6.09. The molecule has 1 fully saturated rings. The molecule has 1 heterocycles. The van der Waals surface area contributed by atoms with Crippen molar-refractivity contribution in [1.29, 1.82) is 0 Å². The lowest BCUT2D eigenvalue weighted by Gasteiger charge is -2.41. The summed E-state index contributed by atoms with van der Waals surface area (Å²) < 4.78 is 166. The predicted octanol–water partition coefficient (Wildman–Crippen LogP) is 4.84. The number of halogens is 12. The Hall–Kier alpha value is -1.31. The van der Waals surface area contributed by atoms with Crippen LogP contribution in [0.25, 0.3) is 0 Å². The highest BCUT2D eigenvalue weighted by Gasteiger charge is 3.05. The van der Waals surface area contributed by atoms with Crippen LogP contribution in [0, 0.1) is 0 Å². The van der Waals surface area contributed by atoms with Crippen molar-refractivity contribution in [3.63, 3.8) is 0 Å². The second-order valence-corrected chi connectivity index (χ2v) is 7.31. The van der Waals surface area contributed by atoms with Gasteiger partial charge in [0.2, 0.25) is 0 Å². The molecule has 0 bridgehead atoms. The Kier molecular flexibility index (Phi) is 5.00. The minimum atomic E-state index is -7.35. The van der Waals surface area contributed by atoms with Gasteiger partial charge in [-0.2, -0.15) is 57.6 Å². The topological polar surface area (TPSA) is 38.7 Å². The van der Waals surface area contributed by atoms with Crippen molar-refractivity contribution in [3.8, 4) is 0 Å². The lowest BCUT2D eigenvalue weighted by atomic mass is 9.79. The fourth-order valence-electron chi connectivity index (χ4n) is 2.57. The smallest absolute Gasteiger partial charge is 0.188 e. The molecule has 160 valence electrons. The van der Waals surface area contributed by atoms with Gasteiger partial charge in [0.05, 0.1) is 0 Å². The molecule has 1 saturated heterocycles. The summed E-state index contributed by atoms with van der Waals surface area (Å²) in [5.41, 5.74) is -14.0. The van der Waals surface area contributed by atoms with Crippen LogP contribution in [0.2, 0.25) is 0 Å². The summed E-state index contributed by atoms with van der Waals surface area (Å²) in [6, 6.07) is 3.59. The quantitative estimate of drug-likeness (QED) is 0.485. The first kappa shape index (κ1) is 23.0. The molecule has 1 N–H and O–H groups in total. The van der Waals surface area contributed by atoms with E-state index in [0.717, 1.165) is 18.2 Å². The van der Waals surface area contributed by atoms with Crippen molar-refractivity contribution in [2.24, 2.45) is 0 Å². The van der Waals surface area contributed by atoms with Crippen LogP contribution < -0.4 is 5.30 Å². The summed E-state index contributed by atoms with van der Waals surface area (Å²) in [4.78, 5) is 9.95. The average molecular weight is 457 g/mol. The number of benzene rings is 1. The molecule has 0 radical (unpaired) electrons. The highest BCUT2D eigenvalue weighted by molar-refractivity contribution is 7.68. The molecule has 0 saturated carbocycles. The molecule has 0 aliphatic carbocycles. The molecule has 28 heavy (non-hydrogen) atoms. The maximum absolute atomic E-state index is 13.3. The summed E-state index contributed by atoms with van der Waals surface area (Å²) in [7, 11) is -6.18. The van der Waals surface area contributed by atoms with Gasteiger partial charge in [0.1, 0.15) is 0 Å². The highest BCUT2D eigenvalue weighted by Crippen LogP contribution is 2.79. The van der Waals surface area contributed by atoms with Crippen molar-refractivity contribution in [2.45, 2.75) is 35.9 Å². The maximum Gasteiger partial charge on any atom is 0.448 e. The van der Waals surface area contributed by atoms with E-state index in [9.17, 15) is 57.6 Å². The molecule has 16 heteroatoms. The molecule has 2 rings (SSSR count). The first-order valence-electron chi connectivity index (χ1n) is 6.63. The summed E-state index contributed by atoms with van der Waals surface area (Å²) in [6.45, 7) is 0. The Morgan fingerprint density at radius 1 is 0.607 bits per heavy atom. The van der Waals surface area contributed by atoms with Gasteiger partial charge in [-0.15, -0.1) is 9.05 Å². The summed E-state index contributed by atoms with van der Waals surface area (Å²) in [6.07, 6.45) is -29.4. The van der Waals surface area contributed by atoms with E-state index >= 15 is 0 Å². The van der Waals surface area contributed by atoms with Crippen LogP contribution in [0.1, 0.15) is 0 Å². The van der Waals surface area contributed by atoms with Crippen LogP contribution in [0.3, 0.4) is 0 Å². The lowest BCUT2D eigenvalue weighted by molar-refractivity contribution is -0.464. The Morgan fingerprint density at radius 3 is 1.14 bits per heavy atom. The van der Waals surface area contributed by atoms with E-state index < -0.39 is 49.2 Å². The minimum absolute atomic E-state index is 0.452. The van der Waals surface area contributed by atoms with Crippen LogP contribution >= 0.6 is 7.94 Å². The van der Waals surface area contributed by atoms with E-state index in [4.69, 9.17) is 0 Å². The Labute approximate surface area is 147 Å². The molecule has 1 aromatic rings. The van der Waals surface area contributed by atoms with Crippen LogP contribution in [0.5, 0.6) is 0 Å². The Balaban J connectivity index is 3.01. The van der Waals surface area contributed by atoms with E-state index in [-0.39, 0.29) is 0 Å². The Bertz CT molecular complexity index is 653. The first-order chi connectivity index (χ1) is 12.3. The SMILES string of the molecule is O[P+]1(c2ccccc2)OC(C(F)(F)F)(C(F)(F)F)C(C(F)(F)F)(C(F)(F)F)O1. The van der Waals surface area contributed by atoms with Gasteiger partial charge < -0.3 is 0 Å². The third-order valence-electron chi connectivity index (χ3n) is 3.70. The standard InChI is InChI=1S/C12H6F12O3P/c13-9(14,15)7(10(16,17)18)8(11(19,20)21,12(22,23)24)27-28(25,26-7)6-4-2-1-3-5-6/h1-5,25H/q+1. The van der Waals surface area contributed by atoms with Crippen molar-refractivity contribution in [1.82, 2.24) is 0 Å². The van der Waals surface area contributed by atoms with Gasteiger partial charge in [0.25, 0.3) is 0 Å². The van der Waals surface area contributed by atoms with E-state index in [1.165, 1.54) is 0 Å². The number of alkyl halides is 12. The van der Waals surface area contributed by atoms with Gasteiger partial charge in [-0.1, -0.05) is 18.2 Å². The van der Waals surface area contributed by atoms with E-state index in [1.807, 2.05) is 0 Å². The van der Waals surface area contributed by atoms with Crippen LogP contribution in [-0.4, -0.2) is 40.8 Å². The summed E-state index contributed by atoms with van der Waals surface area (Å²) in [5.74, 6) is 0. The minimum Gasteiger partial charge on any atom is -0.188 e. The molecule has 0 unspecified atom stereocenters. The number of rotatable bonds is 1. The second-order valence-electron chi connectivity index (χ2n) is 5.39. The molecule has 0 spiro atoms. The van der Waals surface area contributed by atoms with Crippen molar-refractivity contribution >= 4 is 13.2 Å². The first-order valence-corrected chi connectivity index (χ1v) is 8.20. The van der Waals surface area contributed by atoms with Crippen LogP contribution in [-0.2, 0) is 9.05 Å². The summed E-state index contributed by atoms with van der Waals surface area (Å²) >= 11 is 0. The van der Waals surface area contributed by atoms with Gasteiger partial charge in [-0.05, 0) is 12.1 Å². The summed E-state index contributed by atoms with van der Waals surface area (Å²) in [5, 5.41) is -1.26. The van der Waals surface area contributed by atoms with E-state index in [1.54, 1.807) is 0 Å². The monoisotopic (exact) mass is 457 g/mol. The Morgan fingerprint density at radius 2 is 0.893 bits per heavy atom. The zero-order valence-corrected chi connectivity index (χ0v) is 13.5. The number of hydrogen-bond acceptors (Lipinski definition) is 3. The van der Waals surface area contributed by atoms with Gasteiger partial charge >= 0.3 is 43.9 Å². The van der Waals surface area contributed by atoms with Crippen LogP contribution in [0.15, 0.2) is 30.3 Å². The average Bonchev–Trinajstić information content (AvgIpc) is 2.81. The third-order valence-corrected chi connectivity index (χ3v) is 5.69. The van der Waals surface area contributed by atoms with Crippen molar-refractivity contribution < 1.29 is 66.6 Å². The number of hydrogen-bond donors (Lipinski definition) is 1. The van der Waals surface area contributed by atoms with Gasteiger partial charge in [-0.3, -0.25) is 0 Å². The normalized spacial score (nSPS) is 22.3. The fraction of sp³-hybridized carbons (Fsp3) is 0.500. The van der Waals surface area contributed by atoms with Gasteiger partial charge in [0.15, 0.2) is 5.30 Å². The van der Waals surface area contributed by atoms with Gasteiger partial charge in [-0.25, -0.2) is 0 Å². The molecule has 0 amide bonds. The van der Waals surface area contributed by atoms with E-state index in [0.29, 0.717) is 12.1 Å². The van der Waals surface area contributed by atoms with E-state index in [2.05, 4.69) is 9.05 Å². The zero-order chi connectivity index (χ0) is 22.0. The molecule has 3 nitrogen and oxygen atoms in total. The van der Waals surface area contributed by atoms with Gasteiger partial charge in [0, 0.05) is 0 Å². The predicted molar refractivity (Wildman–Crippen MR) is 67.1 cm³/mol.